The third-order valence-electron chi connectivity index (χ3n) is 3.89. The lowest BCUT2D eigenvalue weighted by Crippen LogP contribution is -2.46. The summed E-state index contributed by atoms with van der Waals surface area (Å²) in [7, 11) is 1.61. The van der Waals surface area contributed by atoms with Crippen molar-refractivity contribution in [3.8, 4) is 0 Å². The Morgan fingerprint density at radius 3 is 2.56 bits per heavy atom. The second-order valence-electron chi connectivity index (χ2n) is 5.19. The molecule has 96 valence electrons. The van der Waals surface area contributed by atoms with Crippen LogP contribution in [0.2, 0.25) is 0 Å². The Balaban J connectivity index is 2.68. The average Bonchev–Trinajstić information content (AvgIpc) is 2.37. The second-order valence-corrected chi connectivity index (χ2v) is 5.19. The molecule has 2 aromatic rings. The number of aliphatic hydroxyl groups is 1. The maximum absolute atomic E-state index is 10.9. The number of aromatic nitrogens is 1. The van der Waals surface area contributed by atoms with Gasteiger partial charge < -0.3 is 9.84 Å². The van der Waals surface area contributed by atoms with Crippen LogP contribution in [0, 0.1) is 0 Å². The molecule has 1 unspecified atom stereocenters. The molecular formula is C15H19NO2. The Labute approximate surface area is 107 Å². The number of pyridine rings is 1. The van der Waals surface area contributed by atoms with Crippen LogP contribution in [0.1, 0.15) is 26.3 Å². The highest BCUT2D eigenvalue weighted by atomic mass is 16.5. The number of hydrogen-bond acceptors (Lipinski definition) is 3. The van der Waals surface area contributed by atoms with E-state index in [0.29, 0.717) is 0 Å². The third-order valence-corrected chi connectivity index (χ3v) is 3.89. The zero-order chi connectivity index (χ0) is 13.4. The van der Waals surface area contributed by atoms with E-state index in [1.54, 1.807) is 26.4 Å². The van der Waals surface area contributed by atoms with Crippen molar-refractivity contribution in [2.45, 2.75) is 32.0 Å². The highest BCUT2D eigenvalue weighted by Gasteiger charge is 2.42. The first-order chi connectivity index (χ1) is 8.40. The van der Waals surface area contributed by atoms with Gasteiger partial charge in [-0.05, 0) is 37.8 Å². The molecule has 1 atom stereocenters. The van der Waals surface area contributed by atoms with Crippen LogP contribution in [0.5, 0.6) is 0 Å². The van der Waals surface area contributed by atoms with E-state index in [4.69, 9.17) is 4.74 Å². The van der Waals surface area contributed by atoms with Crippen molar-refractivity contribution in [2.24, 2.45) is 0 Å². The normalized spacial score (nSPS) is 15.6. The summed E-state index contributed by atoms with van der Waals surface area (Å²) in [4.78, 5) is 4.14. The molecule has 1 N–H and O–H groups in total. The van der Waals surface area contributed by atoms with Gasteiger partial charge in [-0.25, -0.2) is 0 Å². The van der Waals surface area contributed by atoms with Crippen LogP contribution in [0.3, 0.4) is 0 Å². The summed E-state index contributed by atoms with van der Waals surface area (Å²) < 4.78 is 5.44. The lowest BCUT2D eigenvalue weighted by Gasteiger charge is -2.39. The van der Waals surface area contributed by atoms with Gasteiger partial charge in [0.1, 0.15) is 5.60 Å². The van der Waals surface area contributed by atoms with Crippen LogP contribution in [-0.2, 0) is 10.3 Å². The molecule has 0 radical (unpaired) electrons. The first kappa shape index (κ1) is 13.0. The number of ether oxygens (including phenoxy) is 1. The van der Waals surface area contributed by atoms with Crippen LogP contribution in [-0.4, -0.2) is 22.8 Å². The summed E-state index contributed by atoms with van der Waals surface area (Å²) in [6.45, 7) is 5.53. The predicted molar refractivity (Wildman–Crippen MR) is 72.4 cm³/mol. The molecule has 1 aromatic carbocycles. The quantitative estimate of drug-likeness (QED) is 0.904. The molecule has 3 heteroatoms. The standard InChI is InChI=1S/C15H19NO2/c1-14(2,18-4)15(3,17)13-7-5-6-11-8-9-16-10-12(11)13/h5-10,17H,1-4H3. The Bertz CT molecular complexity index is 556. The van der Waals surface area contributed by atoms with Gasteiger partial charge in [0.15, 0.2) is 0 Å². The molecule has 0 bridgehead atoms. The minimum Gasteiger partial charge on any atom is -0.382 e. The van der Waals surface area contributed by atoms with E-state index in [-0.39, 0.29) is 0 Å². The van der Waals surface area contributed by atoms with Crippen molar-refractivity contribution in [1.29, 1.82) is 0 Å². The molecule has 1 heterocycles. The first-order valence-electron chi connectivity index (χ1n) is 6.01. The first-order valence-corrected chi connectivity index (χ1v) is 6.01. The van der Waals surface area contributed by atoms with Crippen molar-refractivity contribution in [3.63, 3.8) is 0 Å². The van der Waals surface area contributed by atoms with Gasteiger partial charge in [0.05, 0.1) is 5.60 Å². The van der Waals surface area contributed by atoms with Crippen molar-refractivity contribution >= 4 is 10.8 Å². The molecule has 1 aromatic heterocycles. The fourth-order valence-electron chi connectivity index (χ4n) is 2.06. The highest BCUT2D eigenvalue weighted by molar-refractivity contribution is 5.85. The fraction of sp³-hybridized carbons (Fsp3) is 0.400. The summed E-state index contributed by atoms with van der Waals surface area (Å²) in [5.41, 5.74) is -0.943. The van der Waals surface area contributed by atoms with Crippen molar-refractivity contribution < 1.29 is 9.84 Å². The summed E-state index contributed by atoms with van der Waals surface area (Å²) in [5, 5.41) is 12.9. The third kappa shape index (κ3) is 1.89. The molecule has 0 aliphatic rings. The summed E-state index contributed by atoms with van der Waals surface area (Å²) in [6.07, 6.45) is 3.53. The van der Waals surface area contributed by atoms with E-state index in [0.717, 1.165) is 16.3 Å². The smallest absolute Gasteiger partial charge is 0.116 e. The number of methoxy groups -OCH3 is 1. The van der Waals surface area contributed by atoms with Gasteiger partial charge in [-0.15, -0.1) is 0 Å². The molecule has 0 fully saturated rings. The minimum atomic E-state index is -1.09. The predicted octanol–water partition coefficient (Wildman–Crippen LogP) is 2.87. The van der Waals surface area contributed by atoms with Gasteiger partial charge in [0.2, 0.25) is 0 Å². The van der Waals surface area contributed by atoms with Crippen LogP contribution < -0.4 is 0 Å². The Hall–Kier alpha value is -1.45. The molecule has 0 spiro atoms. The van der Waals surface area contributed by atoms with Crippen LogP contribution in [0.25, 0.3) is 10.8 Å². The summed E-state index contributed by atoms with van der Waals surface area (Å²) in [5.74, 6) is 0. The van der Waals surface area contributed by atoms with E-state index in [2.05, 4.69) is 4.98 Å². The van der Waals surface area contributed by atoms with Gasteiger partial charge in [0.25, 0.3) is 0 Å². The second kappa shape index (κ2) is 4.34. The van der Waals surface area contributed by atoms with Crippen molar-refractivity contribution in [3.05, 3.63) is 42.2 Å². The molecule has 0 aliphatic carbocycles. The number of hydrogen-bond donors (Lipinski definition) is 1. The van der Waals surface area contributed by atoms with E-state index in [1.807, 2.05) is 38.1 Å². The average molecular weight is 245 g/mol. The van der Waals surface area contributed by atoms with Gasteiger partial charge in [-0.3, -0.25) is 4.98 Å². The van der Waals surface area contributed by atoms with E-state index < -0.39 is 11.2 Å². The van der Waals surface area contributed by atoms with E-state index in [9.17, 15) is 5.11 Å². The number of fused-ring (bicyclic) bond motifs is 1. The van der Waals surface area contributed by atoms with Crippen molar-refractivity contribution in [1.82, 2.24) is 4.98 Å². The molecule has 0 saturated carbocycles. The summed E-state index contributed by atoms with van der Waals surface area (Å²) >= 11 is 0. The zero-order valence-corrected chi connectivity index (χ0v) is 11.3. The maximum Gasteiger partial charge on any atom is 0.116 e. The molecule has 3 nitrogen and oxygen atoms in total. The monoisotopic (exact) mass is 245 g/mol. The van der Waals surface area contributed by atoms with Crippen molar-refractivity contribution in [2.75, 3.05) is 7.11 Å². The Kier molecular flexibility index (Phi) is 3.13. The van der Waals surface area contributed by atoms with E-state index in [1.165, 1.54) is 0 Å². The number of rotatable bonds is 3. The maximum atomic E-state index is 10.9. The Morgan fingerprint density at radius 2 is 1.89 bits per heavy atom. The SMILES string of the molecule is COC(C)(C)C(C)(O)c1cccc2ccncc12. The number of nitrogens with zero attached hydrogens (tertiary/aromatic N) is 1. The van der Waals surface area contributed by atoms with Crippen LogP contribution >= 0.6 is 0 Å². The molecule has 2 rings (SSSR count). The molecule has 0 saturated heterocycles. The van der Waals surface area contributed by atoms with Gasteiger partial charge in [-0.1, -0.05) is 18.2 Å². The minimum absolute atomic E-state index is 0.683. The fourth-order valence-corrected chi connectivity index (χ4v) is 2.06. The van der Waals surface area contributed by atoms with Gasteiger partial charge in [-0.2, -0.15) is 0 Å². The van der Waals surface area contributed by atoms with Gasteiger partial charge >= 0.3 is 0 Å². The van der Waals surface area contributed by atoms with Crippen LogP contribution in [0.4, 0.5) is 0 Å². The molecule has 0 aliphatic heterocycles. The van der Waals surface area contributed by atoms with Crippen LogP contribution in [0.15, 0.2) is 36.7 Å². The van der Waals surface area contributed by atoms with Gasteiger partial charge in [0, 0.05) is 24.9 Å². The molecular weight excluding hydrogens is 226 g/mol. The Morgan fingerprint density at radius 1 is 1.17 bits per heavy atom. The lowest BCUT2D eigenvalue weighted by atomic mass is 9.79. The molecule has 0 amide bonds. The zero-order valence-electron chi connectivity index (χ0n) is 11.3. The summed E-state index contributed by atoms with van der Waals surface area (Å²) in [6, 6.07) is 7.81. The highest BCUT2D eigenvalue weighted by Crippen LogP contribution is 2.38. The molecule has 18 heavy (non-hydrogen) atoms. The topological polar surface area (TPSA) is 42.4 Å². The number of benzene rings is 1. The van der Waals surface area contributed by atoms with E-state index >= 15 is 0 Å². The lowest BCUT2D eigenvalue weighted by molar-refractivity contribution is -0.144. The largest absolute Gasteiger partial charge is 0.382 e.